The molecule has 0 aromatic rings. The van der Waals surface area contributed by atoms with Crippen LogP contribution in [0.25, 0.3) is 0 Å². The van der Waals surface area contributed by atoms with E-state index in [4.69, 9.17) is 10.5 Å². The van der Waals surface area contributed by atoms with Gasteiger partial charge in [0.15, 0.2) is 0 Å². The van der Waals surface area contributed by atoms with Crippen molar-refractivity contribution in [1.82, 2.24) is 10.2 Å². The summed E-state index contributed by atoms with van der Waals surface area (Å²) < 4.78 is 5.27. The number of ether oxygens (including phenoxy) is 1. The Balaban J connectivity index is 2.52. The van der Waals surface area contributed by atoms with Crippen LogP contribution in [0.15, 0.2) is 0 Å². The van der Waals surface area contributed by atoms with Crippen LogP contribution in [0.3, 0.4) is 0 Å². The molecule has 1 amide bonds. The molecule has 0 spiro atoms. The molecule has 0 aromatic carbocycles. The number of hydrogen-bond acceptors (Lipinski definition) is 4. The zero-order valence-corrected chi connectivity index (χ0v) is 13.6. The number of nitrogens with one attached hydrogen (secondary N) is 1. The molecule has 0 aliphatic carbocycles. The molecule has 0 saturated carbocycles. The van der Waals surface area contributed by atoms with Gasteiger partial charge in [-0.25, -0.2) is 4.79 Å². The lowest BCUT2D eigenvalue weighted by molar-refractivity contribution is 0.0494. The summed E-state index contributed by atoms with van der Waals surface area (Å²) in [5.41, 5.74) is 5.45. The Morgan fingerprint density at radius 2 is 2.10 bits per heavy atom. The van der Waals surface area contributed by atoms with Gasteiger partial charge >= 0.3 is 6.09 Å². The number of carbonyl (C=O) groups excluding carboxylic acids is 1. The first-order valence-corrected chi connectivity index (χ1v) is 7.72. The largest absolute Gasteiger partial charge is 0.444 e. The lowest BCUT2D eigenvalue weighted by Crippen LogP contribution is -2.52. The number of hydrogen-bond donors (Lipinski definition) is 2. The summed E-state index contributed by atoms with van der Waals surface area (Å²) in [6.45, 7) is 11.1. The zero-order chi connectivity index (χ0) is 15.3. The van der Waals surface area contributed by atoms with Crippen LogP contribution in [0.1, 0.15) is 53.9 Å². The topological polar surface area (TPSA) is 67.6 Å². The SMILES string of the molecule is CCC1CCC(C)N1C(CN)CNC(=O)OC(C)(C)C. The second-order valence-corrected chi connectivity index (χ2v) is 6.71. The number of nitrogens with two attached hydrogens (primary N) is 1. The zero-order valence-electron chi connectivity index (χ0n) is 13.6. The highest BCUT2D eigenvalue weighted by molar-refractivity contribution is 5.67. The normalized spacial score (nSPS) is 25.5. The van der Waals surface area contributed by atoms with E-state index in [1.165, 1.54) is 12.8 Å². The molecular formula is C15H31N3O2. The number of likely N-dealkylation sites (tertiary alicyclic amines) is 1. The molecule has 3 atom stereocenters. The van der Waals surface area contributed by atoms with Crippen molar-refractivity contribution in [3.05, 3.63) is 0 Å². The second-order valence-electron chi connectivity index (χ2n) is 6.71. The van der Waals surface area contributed by atoms with Gasteiger partial charge < -0.3 is 15.8 Å². The van der Waals surface area contributed by atoms with Crippen molar-refractivity contribution in [2.45, 2.75) is 77.6 Å². The van der Waals surface area contributed by atoms with Gasteiger partial charge in [-0.2, -0.15) is 0 Å². The van der Waals surface area contributed by atoms with Crippen molar-refractivity contribution in [3.63, 3.8) is 0 Å². The number of rotatable bonds is 5. The Bertz CT molecular complexity index is 315. The molecule has 0 bridgehead atoms. The Kier molecular flexibility index (Phi) is 6.27. The third kappa shape index (κ3) is 4.94. The fraction of sp³-hybridized carbons (Fsp3) is 0.933. The van der Waals surface area contributed by atoms with Gasteiger partial charge in [-0.15, -0.1) is 0 Å². The first-order chi connectivity index (χ1) is 9.28. The molecule has 0 radical (unpaired) electrons. The number of nitrogens with zero attached hydrogens (tertiary/aromatic N) is 1. The molecule has 1 aliphatic heterocycles. The van der Waals surface area contributed by atoms with Gasteiger partial charge in [0.2, 0.25) is 0 Å². The maximum absolute atomic E-state index is 11.7. The van der Waals surface area contributed by atoms with E-state index in [1.54, 1.807) is 0 Å². The lowest BCUT2D eigenvalue weighted by Gasteiger charge is -2.35. The monoisotopic (exact) mass is 285 g/mol. The Morgan fingerprint density at radius 3 is 2.60 bits per heavy atom. The van der Waals surface area contributed by atoms with Crippen molar-refractivity contribution in [3.8, 4) is 0 Å². The number of amides is 1. The van der Waals surface area contributed by atoms with E-state index in [0.717, 1.165) is 6.42 Å². The van der Waals surface area contributed by atoms with E-state index in [2.05, 4.69) is 24.1 Å². The minimum Gasteiger partial charge on any atom is -0.444 e. The van der Waals surface area contributed by atoms with Gasteiger partial charge in [-0.3, -0.25) is 4.90 Å². The summed E-state index contributed by atoms with van der Waals surface area (Å²) >= 11 is 0. The quantitative estimate of drug-likeness (QED) is 0.812. The molecule has 5 nitrogen and oxygen atoms in total. The smallest absolute Gasteiger partial charge is 0.407 e. The van der Waals surface area contributed by atoms with Crippen LogP contribution >= 0.6 is 0 Å². The van der Waals surface area contributed by atoms with E-state index >= 15 is 0 Å². The first-order valence-electron chi connectivity index (χ1n) is 7.72. The minimum atomic E-state index is -0.463. The number of alkyl carbamates (subject to hydrolysis) is 1. The fourth-order valence-electron chi connectivity index (χ4n) is 2.99. The predicted molar refractivity (Wildman–Crippen MR) is 81.7 cm³/mol. The summed E-state index contributed by atoms with van der Waals surface area (Å²) in [5.74, 6) is 0. The highest BCUT2D eigenvalue weighted by Gasteiger charge is 2.34. The van der Waals surface area contributed by atoms with E-state index in [-0.39, 0.29) is 12.1 Å². The third-order valence-electron chi connectivity index (χ3n) is 3.89. The van der Waals surface area contributed by atoms with Crippen LogP contribution in [-0.4, -0.2) is 47.8 Å². The summed E-state index contributed by atoms with van der Waals surface area (Å²) in [7, 11) is 0. The van der Waals surface area contributed by atoms with Crippen molar-refractivity contribution in [2.75, 3.05) is 13.1 Å². The maximum atomic E-state index is 11.7. The molecule has 3 N–H and O–H groups in total. The van der Waals surface area contributed by atoms with Crippen molar-refractivity contribution < 1.29 is 9.53 Å². The second kappa shape index (κ2) is 7.27. The van der Waals surface area contributed by atoms with Crippen LogP contribution in [0.2, 0.25) is 0 Å². The Labute approximate surface area is 123 Å². The third-order valence-corrected chi connectivity index (χ3v) is 3.89. The lowest BCUT2D eigenvalue weighted by atomic mass is 10.1. The molecule has 20 heavy (non-hydrogen) atoms. The van der Waals surface area contributed by atoms with Crippen molar-refractivity contribution >= 4 is 6.09 Å². The Hall–Kier alpha value is -0.810. The van der Waals surface area contributed by atoms with Crippen LogP contribution in [0, 0.1) is 0 Å². The fourth-order valence-corrected chi connectivity index (χ4v) is 2.99. The highest BCUT2D eigenvalue weighted by atomic mass is 16.6. The molecule has 1 heterocycles. The van der Waals surface area contributed by atoms with Gasteiger partial charge in [0.05, 0.1) is 0 Å². The molecular weight excluding hydrogens is 254 g/mol. The molecule has 1 rings (SSSR count). The Morgan fingerprint density at radius 1 is 1.45 bits per heavy atom. The predicted octanol–water partition coefficient (Wildman–Crippen LogP) is 2.10. The minimum absolute atomic E-state index is 0.185. The summed E-state index contributed by atoms with van der Waals surface area (Å²) in [6.07, 6.45) is 3.20. The van der Waals surface area contributed by atoms with Crippen molar-refractivity contribution in [1.29, 1.82) is 0 Å². The number of carbonyl (C=O) groups is 1. The molecule has 1 fully saturated rings. The standard InChI is InChI=1S/C15H31N3O2/c1-6-12-8-7-11(2)18(12)13(9-16)10-17-14(19)20-15(3,4)5/h11-13H,6-10,16H2,1-5H3,(H,17,19). The van der Waals surface area contributed by atoms with Crippen LogP contribution in [0.4, 0.5) is 4.79 Å². The van der Waals surface area contributed by atoms with Gasteiger partial charge in [0.25, 0.3) is 0 Å². The molecule has 118 valence electrons. The first kappa shape index (κ1) is 17.2. The molecule has 1 aliphatic rings. The van der Waals surface area contributed by atoms with Crippen molar-refractivity contribution in [2.24, 2.45) is 5.73 Å². The van der Waals surface area contributed by atoms with Crippen LogP contribution < -0.4 is 11.1 Å². The van der Waals surface area contributed by atoms with E-state index < -0.39 is 5.60 Å². The van der Waals surface area contributed by atoms with Gasteiger partial charge in [-0.05, 0) is 47.0 Å². The highest BCUT2D eigenvalue weighted by Crippen LogP contribution is 2.27. The molecule has 3 unspecified atom stereocenters. The summed E-state index contributed by atoms with van der Waals surface area (Å²) in [5, 5.41) is 2.85. The van der Waals surface area contributed by atoms with Gasteiger partial charge in [0.1, 0.15) is 5.60 Å². The average molecular weight is 285 g/mol. The van der Waals surface area contributed by atoms with Crippen LogP contribution in [-0.2, 0) is 4.74 Å². The maximum Gasteiger partial charge on any atom is 0.407 e. The van der Waals surface area contributed by atoms with Gasteiger partial charge in [-0.1, -0.05) is 6.92 Å². The average Bonchev–Trinajstić information content (AvgIpc) is 2.70. The molecule has 1 saturated heterocycles. The van der Waals surface area contributed by atoms with E-state index in [1.807, 2.05) is 20.8 Å². The summed E-state index contributed by atoms with van der Waals surface area (Å²) in [6, 6.07) is 1.30. The van der Waals surface area contributed by atoms with Gasteiger partial charge in [0, 0.05) is 31.2 Å². The summed E-state index contributed by atoms with van der Waals surface area (Å²) in [4.78, 5) is 14.2. The van der Waals surface area contributed by atoms with Crippen LogP contribution in [0.5, 0.6) is 0 Å². The van der Waals surface area contributed by atoms with E-state index in [9.17, 15) is 4.79 Å². The molecule has 5 heteroatoms. The van der Waals surface area contributed by atoms with E-state index in [0.29, 0.717) is 25.2 Å². The molecule has 0 aromatic heterocycles.